The first kappa shape index (κ1) is 19.5. The van der Waals surface area contributed by atoms with Crippen molar-refractivity contribution in [1.29, 1.82) is 0 Å². The molecule has 3 N–H and O–H groups in total. The summed E-state index contributed by atoms with van der Waals surface area (Å²) in [6.45, 7) is 7.03. The Kier molecular flexibility index (Phi) is 6.68. The van der Waals surface area contributed by atoms with Gasteiger partial charge in [-0.2, -0.15) is 0 Å². The molecule has 4 rings (SSSR count). The van der Waals surface area contributed by atoms with Gasteiger partial charge in [0.05, 0.1) is 0 Å². The predicted molar refractivity (Wildman–Crippen MR) is 121 cm³/mol. The van der Waals surface area contributed by atoms with Crippen LogP contribution in [0.1, 0.15) is 25.0 Å². The minimum Gasteiger partial charge on any atom is -0.384 e. The van der Waals surface area contributed by atoms with Crippen molar-refractivity contribution < 1.29 is 0 Å². The maximum Gasteiger partial charge on any atom is 0.0456 e. The second-order valence-corrected chi connectivity index (χ2v) is 6.43. The zero-order valence-corrected chi connectivity index (χ0v) is 16.8. The lowest BCUT2D eigenvalue weighted by Gasteiger charge is -2.12. The van der Waals surface area contributed by atoms with Gasteiger partial charge in [-0.3, -0.25) is 4.98 Å². The summed E-state index contributed by atoms with van der Waals surface area (Å²) in [5.41, 5.74) is 7.07. The molecule has 0 saturated carbocycles. The van der Waals surface area contributed by atoms with Crippen LogP contribution >= 0.6 is 0 Å². The fourth-order valence-electron chi connectivity index (χ4n) is 3.21. The van der Waals surface area contributed by atoms with E-state index in [0.29, 0.717) is 0 Å². The van der Waals surface area contributed by atoms with Gasteiger partial charge >= 0.3 is 0 Å². The SMILES string of the molecule is CC.Cc1cc(Nc2ccncc2)ccc1NCCc1c[nH]c2ccccc12. The van der Waals surface area contributed by atoms with Crippen LogP contribution in [0.2, 0.25) is 0 Å². The minimum absolute atomic E-state index is 0.903. The van der Waals surface area contributed by atoms with E-state index in [1.54, 1.807) is 12.4 Å². The third-order valence-corrected chi connectivity index (χ3v) is 4.58. The number of hydrogen-bond acceptors (Lipinski definition) is 3. The highest BCUT2D eigenvalue weighted by molar-refractivity contribution is 5.83. The van der Waals surface area contributed by atoms with E-state index in [4.69, 9.17) is 0 Å². The quantitative estimate of drug-likeness (QED) is 0.372. The molecule has 0 aliphatic carbocycles. The van der Waals surface area contributed by atoms with Crippen molar-refractivity contribution in [2.75, 3.05) is 17.2 Å². The van der Waals surface area contributed by atoms with Gasteiger partial charge in [-0.05, 0) is 60.9 Å². The van der Waals surface area contributed by atoms with E-state index in [2.05, 4.69) is 76.2 Å². The van der Waals surface area contributed by atoms with E-state index < -0.39 is 0 Å². The van der Waals surface area contributed by atoms with Crippen LogP contribution < -0.4 is 10.6 Å². The Morgan fingerprint density at radius 2 is 1.71 bits per heavy atom. The van der Waals surface area contributed by atoms with E-state index in [0.717, 1.165) is 24.3 Å². The minimum atomic E-state index is 0.903. The molecule has 0 fully saturated rings. The van der Waals surface area contributed by atoms with Crippen LogP contribution in [0.15, 0.2) is 73.2 Å². The molecule has 0 atom stereocenters. The highest BCUT2D eigenvalue weighted by atomic mass is 14.9. The fourth-order valence-corrected chi connectivity index (χ4v) is 3.21. The van der Waals surface area contributed by atoms with Crippen LogP contribution in [-0.2, 0) is 6.42 Å². The number of benzene rings is 2. The van der Waals surface area contributed by atoms with Crippen molar-refractivity contribution >= 4 is 28.0 Å². The lowest BCUT2D eigenvalue weighted by Crippen LogP contribution is -2.06. The second-order valence-electron chi connectivity index (χ2n) is 6.43. The molecule has 144 valence electrons. The molecule has 0 radical (unpaired) electrons. The molecule has 0 amide bonds. The van der Waals surface area contributed by atoms with Crippen LogP contribution in [0.5, 0.6) is 0 Å². The van der Waals surface area contributed by atoms with Crippen molar-refractivity contribution in [2.24, 2.45) is 0 Å². The Balaban J connectivity index is 0.00000109. The molecule has 0 aliphatic rings. The van der Waals surface area contributed by atoms with Gasteiger partial charge in [-0.25, -0.2) is 0 Å². The Bertz CT molecular complexity index is 1010. The summed E-state index contributed by atoms with van der Waals surface area (Å²) in [5, 5.41) is 8.26. The van der Waals surface area contributed by atoms with Gasteiger partial charge in [0.2, 0.25) is 0 Å². The van der Waals surface area contributed by atoms with E-state index in [-0.39, 0.29) is 0 Å². The number of para-hydroxylation sites is 1. The number of pyridine rings is 1. The number of rotatable bonds is 6. The summed E-state index contributed by atoms with van der Waals surface area (Å²) in [5.74, 6) is 0. The van der Waals surface area contributed by atoms with Crippen LogP contribution in [0.4, 0.5) is 17.1 Å². The van der Waals surface area contributed by atoms with E-state index in [1.807, 2.05) is 26.0 Å². The van der Waals surface area contributed by atoms with Crippen LogP contribution in [0, 0.1) is 6.92 Å². The van der Waals surface area contributed by atoms with Crippen molar-refractivity contribution in [3.63, 3.8) is 0 Å². The van der Waals surface area contributed by atoms with E-state index in [1.165, 1.54) is 27.7 Å². The molecule has 0 bridgehead atoms. The van der Waals surface area contributed by atoms with E-state index in [9.17, 15) is 0 Å². The average molecular weight is 373 g/mol. The molecular weight excluding hydrogens is 344 g/mol. The first-order chi connectivity index (χ1) is 13.8. The lowest BCUT2D eigenvalue weighted by atomic mass is 10.1. The smallest absolute Gasteiger partial charge is 0.0456 e. The molecule has 4 nitrogen and oxygen atoms in total. The Morgan fingerprint density at radius 3 is 2.50 bits per heavy atom. The number of hydrogen-bond donors (Lipinski definition) is 3. The molecular formula is C24H28N4. The summed E-state index contributed by atoms with van der Waals surface area (Å²) in [6, 6.07) is 18.8. The highest BCUT2D eigenvalue weighted by Crippen LogP contribution is 2.23. The van der Waals surface area contributed by atoms with Gasteiger partial charge in [0, 0.05) is 53.1 Å². The number of aromatic nitrogens is 2. The van der Waals surface area contributed by atoms with Gasteiger partial charge in [0.25, 0.3) is 0 Å². The topological polar surface area (TPSA) is 52.7 Å². The Labute approximate surface area is 167 Å². The number of anilines is 3. The maximum absolute atomic E-state index is 4.04. The summed E-state index contributed by atoms with van der Waals surface area (Å²) in [7, 11) is 0. The first-order valence-electron chi connectivity index (χ1n) is 9.86. The predicted octanol–water partition coefficient (Wildman–Crippen LogP) is 6.30. The molecule has 2 aromatic heterocycles. The maximum atomic E-state index is 4.04. The van der Waals surface area contributed by atoms with Crippen molar-refractivity contribution in [2.45, 2.75) is 27.2 Å². The van der Waals surface area contributed by atoms with Crippen molar-refractivity contribution in [3.8, 4) is 0 Å². The standard InChI is InChI=1S/C22H22N4.C2H6/c1-16-14-19(26-18-9-11-23-12-10-18)6-7-21(16)24-13-8-17-15-25-22-5-3-2-4-20(17)22;1-2/h2-7,9-12,14-15,24-25H,8,13H2,1H3,(H,23,26);1-2H3. The monoisotopic (exact) mass is 372 g/mol. The summed E-state index contributed by atoms with van der Waals surface area (Å²) in [6.07, 6.45) is 6.67. The number of nitrogens with zero attached hydrogens (tertiary/aromatic N) is 1. The van der Waals surface area contributed by atoms with Crippen molar-refractivity contribution in [1.82, 2.24) is 9.97 Å². The lowest BCUT2D eigenvalue weighted by molar-refractivity contribution is 1.03. The van der Waals surface area contributed by atoms with Crippen LogP contribution in [-0.4, -0.2) is 16.5 Å². The van der Waals surface area contributed by atoms with Gasteiger partial charge in [0.15, 0.2) is 0 Å². The summed E-state index contributed by atoms with van der Waals surface area (Å²) < 4.78 is 0. The number of fused-ring (bicyclic) bond motifs is 1. The van der Waals surface area contributed by atoms with Gasteiger partial charge in [0.1, 0.15) is 0 Å². The Hall–Kier alpha value is -3.27. The van der Waals surface area contributed by atoms with Gasteiger partial charge in [-0.1, -0.05) is 32.0 Å². The van der Waals surface area contributed by atoms with Crippen molar-refractivity contribution in [3.05, 3.63) is 84.3 Å². The summed E-state index contributed by atoms with van der Waals surface area (Å²) >= 11 is 0. The van der Waals surface area contributed by atoms with Gasteiger partial charge in [-0.15, -0.1) is 0 Å². The van der Waals surface area contributed by atoms with Crippen LogP contribution in [0.25, 0.3) is 10.9 Å². The molecule has 2 heterocycles. The number of nitrogens with one attached hydrogen (secondary N) is 3. The van der Waals surface area contributed by atoms with E-state index >= 15 is 0 Å². The zero-order valence-electron chi connectivity index (χ0n) is 16.8. The van der Waals surface area contributed by atoms with Crippen LogP contribution in [0.3, 0.4) is 0 Å². The first-order valence-corrected chi connectivity index (χ1v) is 9.86. The second kappa shape index (κ2) is 9.60. The summed E-state index contributed by atoms with van der Waals surface area (Å²) in [4.78, 5) is 7.38. The molecule has 2 aromatic carbocycles. The Morgan fingerprint density at radius 1 is 0.929 bits per heavy atom. The normalized spacial score (nSPS) is 10.2. The van der Waals surface area contributed by atoms with Gasteiger partial charge < -0.3 is 15.6 Å². The third kappa shape index (κ3) is 4.71. The average Bonchev–Trinajstić information content (AvgIpc) is 3.15. The fraction of sp³-hybridized carbons (Fsp3) is 0.208. The number of aromatic amines is 1. The largest absolute Gasteiger partial charge is 0.384 e. The number of H-pyrrole nitrogens is 1. The molecule has 4 heteroatoms. The highest BCUT2D eigenvalue weighted by Gasteiger charge is 2.04. The molecule has 28 heavy (non-hydrogen) atoms. The molecule has 0 spiro atoms. The molecule has 0 aliphatic heterocycles. The number of aryl methyl sites for hydroxylation is 1. The molecule has 0 unspecified atom stereocenters. The molecule has 4 aromatic rings. The zero-order chi connectivity index (χ0) is 19.8. The molecule has 0 saturated heterocycles. The third-order valence-electron chi connectivity index (χ3n) is 4.58.